The fraction of sp³-hybridized carbons (Fsp3) is 0.571. The Morgan fingerprint density at radius 3 is 2.82 bits per heavy atom. The first-order valence-electron chi connectivity index (χ1n) is 10.4. The Balaban J connectivity index is 1.30. The third kappa shape index (κ3) is 3.90. The molecule has 28 heavy (non-hydrogen) atoms. The first-order valence-corrected chi connectivity index (χ1v) is 11.4. The molecule has 0 aromatic carbocycles. The first kappa shape index (κ1) is 18.0. The molecule has 148 valence electrons. The van der Waals surface area contributed by atoms with Crippen LogP contribution >= 0.6 is 11.8 Å². The second-order valence-electron chi connectivity index (χ2n) is 8.01. The van der Waals surface area contributed by atoms with Gasteiger partial charge in [-0.25, -0.2) is 0 Å². The molecule has 7 heteroatoms. The van der Waals surface area contributed by atoms with Crippen molar-refractivity contribution in [1.82, 2.24) is 19.7 Å². The maximum Gasteiger partial charge on any atom is 0.237 e. The summed E-state index contributed by atoms with van der Waals surface area (Å²) in [7, 11) is 0. The van der Waals surface area contributed by atoms with Crippen molar-refractivity contribution in [3.05, 3.63) is 41.8 Å². The molecule has 2 heterocycles. The molecule has 2 aromatic rings. The lowest BCUT2D eigenvalue weighted by atomic mass is 10.0. The molecule has 3 aliphatic rings. The van der Waals surface area contributed by atoms with Gasteiger partial charge in [-0.3, -0.25) is 4.79 Å². The summed E-state index contributed by atoms with van der Waals surface area (Å²) in [5, 5.41) is 9.79. The summed E-state index contributed by atoms with van der Waals surface area (Å²) in [6.07, 6.45) is 13.1. The SMILES string of the molecule is O=C(CSc1nnc(C2CC2)n1C1CC1)N(Cc1ccco1)C1=CCCCC1. The molecule has 6 nitrogen and oxygen atoms in total. The molecular weight excluding hydrogens is 372 g/mol. The van der Waals surface area contributed by atoms with Crippen molar-refractivity contribution in [2.75, 3.05) is 5.75 Å². The van der Waals surface area contributed by atoms with Crippen LogP contribution in [0.15, 0.2) is 39.7 Å². The van der Waals surface area contributed by atoms with Crippen LogP contribution in [0.1, 0.15) is 74.9 Å². The van der Waals surface area contributed by atoms with E-state index in [1.807, 2.05) is 17.0 Å². The van der Waals surface area contributed by atoms with Crippen LogP contribution in [0.4, 0.5) is 0 Å². The minimum absolute atomic E-state index is 0.118. The van der Waals surface area contributed by atoms with Gasteiger partial charge in [0.15, 0.2) is 5.16 Å². The van der Waals surface area contributed by atoms with Gasteiger partial charge in [0.05, 0.1) is 18.6 Å². The molecule has 0 N–H and O–H groups in total. The number of rotatable bonds is 8. The van der Waals surface area contributed by atoms with Gasteiger partial charge in [-0.05, 0) is 63.5 Å². The van der Waals surface area contributed by atoms with Crippen molar-refractivity contribution >= 4 is 17.7 Å². The summed E-state index contributed by atoms with van der Waals surface area (Å²) in [5.74, 6) is 3.05. The van der Waals surface area contributed by atoms with E-state index >= 15 is 0 Å². The number of hydrogen-bond donors (Lipinski definition) is 0. The number of hydrogen-bond acceptors (Lipinski definition) is 5. The van der Waals surface area contributed by atoms with Gasteiger partial charge in [0.25, 0.3) is 0 Å². The summed E-state index contributed by atoms with van der Waals surface area (Å²) in [6, 6.07) is 4.35. The Hall–Kier alpha value is -2.02. The van der Waals surface area contributed by atoms with Gasteiger partial charge < -0.3 is 13.9 Å². The average molecular weight is 399 g/mol. The number of thioether (sulfide) groups is 1. The summed E-state index contributed by atoms with van der Waals surface area (Å²) < 4.78 is 7.82. The van der Waals surface area contributed by atoms with Gasteiger partial charge in [0.1, 0.15) is 11.6 Å². The molecule has 2 aromatic heterocycles. The third-order valence-electron chi connectivity index (χ3n) is 5.68. The predicted octanol–water partition coefficient (Wildman–Crippen LogP) is 4.66. The van der Waals surface area contributed by atoms with E-state index in [4.69, 9.17) is 4.42 Å². The molecule has 0 atom stereocenters. The van der Waals surface area contributed by atoms with E-state index < -0.39 is 0 Å². The highest BCUT2D eigenvalue weighted by Crippen LogP contribution is 2.46. The standard InChI is InChI=1S/C21H26N4O2S/c26-19(24(13-18-7-4-12-27-18)16-5-2-1-3-6-16)14-28-21-23-22-20(15-8-9-15)25(21)17-10-11-17/h4-5,7,12,15,17H,1-3,6,8-11,13-14H2. The second kappa shape index (κ2) is 7.78. The average Bonchev–Trinajstić information content (AvgIpc) is 3.66. The molecule has 2 fully saturated rings. The zero-order chi connectivity index (χ0) is 18.9. The lowest BCUT2D eigenvalue weighted by Gasteiger charge is -2.27. The highest BCUT2D eigenvalue weighted by molar-refractivity contribution is 7.99. The van der Waals surface area contributed by atoms with Gasteiger partial charge in [-0.1, -0.05) is 17.8 Å². The topological polar surface area (TPSA) is 64.2 Å². The monoisotopic (exact) mass is 398 g/mol. The summed E-state index contributed by atoms with van der Waals surface area (Å²) in [5.41, 5.74) is 1.13. The smallest absolute Gasteiger partial charge is 0.237 e. The summed E-state index contributed by atoms with van der Waals surface area (Å²) >= 11 is 1.53. The number of allylic oxidation sites excluding steroid dienone is 2. The molecule has 2 saturated carbocycles. The molecule has 0 radical (unpaired) electrons. The fourth-order valence-electron chi connectivity index (χ4n) is 3.86. The molecule has 0 aliphatic heterocycles. The van der Waals surface area contributed by atoms with Gasteiger partial charge in [0, 0.05) is 17.7 Å². The Bertz CT molecular complexity index is 865. The van der Waals surface area contributed by atoms with Crippen LogP contribution in [0.5, 0.6) is 0 Å². The highest BCUT2D eigenvalue weighted by Gasteiger charge is 2.36. The minimum Gasteiger partial charge on any atom is -0.467 e. The van der Waals surface area contributed by atoms with Crippen molar-refractivity contribution in [2.24, 2.45) is 0 Å². The Morgan fingerprint density at radius 1 is 1.25 bits per heavy atom. The van der Waals surface area contributed by atoms with Crippen molar-refractivity contribution in [2.45, 2.75) is 75.0 Å². The van der Waals surface area contributed by atoms with E-state index in [9.17, 15) is 4.79 Å². The molecule has 0 unspecified atom stereocenters. The number of amides is 1. The second-order valence-corrected chi connectivity index (χ2v) is 8.95. The van der Waals surface area contributed by atoms with Crippen molar-refractivity contribution < 1.29 is 9.21 Å². The molecule has 3 aliphatic carbocycles. The van der Waals surface area contributed by atoms with Crippen LogP contribution in [-0.2, 0) is 11.3 Å². The zero-order valence-electron chi connectivity index (χ0n) is 16.0. The van der Waals surface area contributed by atoms with E-state index in [0.717, 1.165) is 41.7 Å². The number of furan rings is 1. The van der Waals surface area contributed by atoms with Gasteiger partial charge in [0.2, 0.25) is 5.91 Å². The Morgan fingerprint density at radius 2 is 2.14 bits per heavy atom. The molecule has 0 bridgehead atoms. The summed E-state index contributed by atoms with van der Waals surface area (Å²) in [6.45, 7) is 0.501. The highest BCUT2D eigenvalue weighted by atomic mass is 32.2. The van der Waals surface area contributed by atoms with Crippen LogP contribution in [-0.4, -0.2) is 31.3 Å². The van der Waals surface area contributed by atoms with Crippen LogP contribution in [0, 0.1) is 0 Å². The molecule has 0 saturated heterocycles. The van der Waals surface area contributed by atoms with E-state index in [2.05, 4.69) is 20.8 Å². The molecule has 5 rings (SSSR count). The normalized spacial score (nSPS) is 19.5. The quantitative estimate of drug-likeness (QED) is 0.605. The van der Waals surface area contributed by atoms with Crippen molar-refractivity contribution in [3.63, 3.8) is 0 Å². The maximum atomic E-state index is 13.2. The number of carbonyl (C=O) groups is 1. The number of carbonyl (C=O) groups excluding carboxylic acids is 1. The lowest BCUT2D eigenvalue weighted by molar-refractivity contribution is -0.127. The fourth-order valence-corrected chi connectivity index (χ4v) is 4.75. The van der Waals surface area contributed by atoms with Crippen LogP contribution in [0.25, 0.3) is 0 Å². The Labute approximate surface area is 169 Å². The van der Waals surface area contributed by atoms with Gasteiger partial charge in [-0.2, -0.15) is 0 Å². The summed E-state index contributed by atoms with van der Waals surface area (Å²) in [4.78, 5) is 15.1. The number of nitrogens with zero attached hydrogens (tertiary/aromatic N) is 4. The largest absolute Gasteiger partial charge is 0.467 e. The van der Waals surface area contributed by atoms with Gasteiger partial charge in [-0.15, -0.1) is 10.2 Å². The van der Waals surface area contributed by atoms with Crippen molar-refractivity contribution in [3.8, 4) is 0 Å². The zero-order valence-corrected chi connectivity index (χ0v) is 16.9. The maximum absolute atomic E-state index is 13.2. The predicted molar refractivity (Wildman–Crippen MR) is 107 cm³/mol. The van der Waals surface area contributed by atoms with E-state index in [1.54, 1.807) is 6.26 Å². The Kier molecular flexibility index (Phi) is 5.01. The molecule has 0 spiro atoms. The van der Waals surface area contributed by atoms with E-state index in [1.165, 1.54) is 43.9 Å². The lowest BCUT2D eigenvalue weighted by Crippen LogP contribution is -2.32. The van der Waals surface area contributed by atoms with Crippen LogP contribution in [0.2, 0.25) is 0 Å². The van der Waals surface area contributed by atoms with E-state index in [-0.39, 0.29) is 5.91 Å². The van der Waals surface area contributed by atoms with Crippen LogP contribution < -0.4 is 0 Å². The first-order chi connectivity index (χ1) is 13.8. The molecule has 1 amide bonds. The van der Waals surface area contributed by atoms with Crippen molar-refractivity contribution in [1.29, 1.82) is 0 Å². The molecular formula is C21H26N4O2S. The van der Waals surface area contributed by atoms with Gasteiger partial charge >= 0.3 is 0 Å². The van der Waals surface area contributed by atoms with E-state index in [0.29, 0.717) is 24.3 Å². The van der Waals surface area contributed by atoms with Crippen LogP contribution in [0.3, 0.4) is 0 Å². The number of aromatic nitrogens is 3. The minimum atomic E-state index is 0.118. The third-order valence-corrected chi connectivity index (χ3v) is 6.61.